The first-order valence-corrected chi connectivity index (χ1v) is 16.5. The van der Waals surface area contributed by atoms with Crippen molar-refractivity contribution in [3.05, 3.63) is 63.5 Å². The number of hydrogen-bond acceptors (Lipinski definition) is 8. The zero-order valence-electron chi connectivity index (χ0n) is 20.9. The molecule has 0 saturated heterocycles. The van der Waals surface area contributed by atoms with Gasteiger partial charge in [-0.2, -0.15) is 0 Å². The molecule has 1 heterocycles. The van der Waals surface area contributed by atoms with Crippen LogP contribution in [-0.2, 0) is 23.6 Å². The first-order chi connectivity index (χ1) is 17.7. The Morgan fingerprint density at radius 1 is 1.08 bits per heavy atom. The van der Waals surface area contributed by atoms with E-state index >= 15 is 0 Å². The number of hydrogen-bond donors (Lipinski definition) is 0. The summed E-state index contributed by atoms with van der Waals surface area (Å²) in [4.78, 5) is 5.89. The van der Waals surface area contributed by atoms with E-state index in [1.165, 1.54) is 28.2 Å². The van der Waals surface area contributed by atoms with Crippen LogP contribution < -0.4 is 4.74 Å². The van der Waals surface area contributed by atoms with Crippen LogP contribution in [-0.4, -0.2) is 50.4 Å². The van der Waals surface area contributed by atoms with Gasteiger partial charge in [0.05, 0.1) is 30.9 Å². The molecule has 0 aromatic heterocycles. The Kier molecular flexibility index (Phi) is 9.09. The van der Waals surface area contributed by atoms with Gasteiger partial charge in [-0.05, 0) is 80.8 Å². The third-order valence-corrected chi connectivity index (χ3v) is 11.3. The molecule has 12 heteroatoms. The summed E-state index contributed by atoms with van der Waals surface area (Å²) >= 11 is 7.48. The number of fused-ring (bicyclic) bond motifs is 3. The van der Waals surface area contributed by atoms with Crippen molar-refractivity contribution < 1.29 is 26.8 Å². The summed E-state index contributed by atoms with van der Waals surface area (Å²) in [6.07, 6.45) is 2.74. The molecule has 0 N–H and O–H groups in total. The molecule has 0 bridgehead atoms. The maximum absolute atomic E-state index is 13.5. The number of aliphatic imine (C=N–C) groups is 1. The Morgan fingerprint density at radius 2 is 1.78 bits per heavy atom. The Balaban J connectivity index is 1.40. The van der Waals surface area contributed by atoms with Gasteiger partial charge in [0, 0.05) is 16.5 Å². The van der Waals surface area contributed by atoms with Crippen molar-refractivity contribution in [2.45, 2.75) is 38.1 Å². The average molecular weight is 585 g/mol. The Morgan fingerprint density at radius 3 is 2.43 bits per heavy atom. The summed E-state index contributed by atoms with van der Waals surface area (Å²) in [5, 5.41) is 1.11. The Labute approximate surface area is 227 Å². The van der Waals surface area contributed by atoms with E-state index in [0.29, 0.717) is 42.2 Å². The van der Waals surface area contributed by atoms with Crippen LogP contribution >= 0.6 is 31.0 Å². The van der Waals surface area contributed by atoms with Gasteiger partial charge in [-0.25, -0.2) is 17.7 Å². The molecule has 1 atom stereocenters. The number of benzene rings is 2. The Bertz CT molecular complexity index is 1340. The lowest BCUT2D eigenvalue weighted by Gasteiger charge is -2.22. The zero-order valence-corrected chi connectivity index (χ0v) is 24.2. The zero-order chi connectivity index (χ0) is 26.6. The van der Waals surface area contributed by atoms with Gasteiger partial charge in [0.25, 0.3) is 10.0 Å². The van der Waals surface area contributed by atoms with Crippen LogP contribution in [0.4, 0.5) is 0 Å². The quantitative estimate of drug-likeness (QED) is 0.205. The molecule has 8 nitrogen and oxygen atoms in total. The lowest BCUT2D eigenvalue weighted by Crippen LogP contribution is -2.34. The lowest BCUT2D eigenvalue weighted by atomic mass is 10.1. The summed E-state index contributed by atoms with van der Waals surface area (Å²) in [5.41, 5.74) is 2.04. The molecule has 200 valence electrons. The second kappa shape index (κ2) is 11.9. The van der Waals surface area contributed by atoms with Crippen molar-refractivity contribution in [2.24, 2.45) is 4.99 Å². The maximum atomic E-state index is 13.5. The lowest BCUT2D eigenvalue weighted by molar-refractivity contribution is 0.216. The second-order valence-electron chi connectivity index (χ2n) is 8.25. The molecule has 1 unspecified atom stereocenters. The fourth-order valence-corrected chi connectivity index (χ4v) is 8.76. The van der Waals surface area contributed by atoms with Crippen molar-refractivity contribution in [1.29, 1.82) is 0 Å². The molecule has 2 aliphatic rings. The normalized spacial score (nSPS) is 16.7. The van der Waals surface area contributed by atoms with E-state index in [1.54, 1.807) is 32.9 Å². The third-order valence-electron chi connectivity index (χ3n) is 5.77. The van der Waals surface area contributed by atoms with Crippen LogP contribution in [0.2, 0.25) is 5.02 Å². The summed E-state index contributed by atoms with van der Waals surface area (Å²) in [7, 11) is -6.93. The monoisotopic (exact) mass is 584 g/mol. The fourth-order valence-electron chi connectivity index (χ4n) is 4.13. The van der Waals surface area contributed by atoms with Crippen LogP contribution in [0.3, 0.4) is 0 Å². The minimum absolute atomic E-state index is 0.153. The minimum atomic E-state index is -3.82. The van der Waals surface area contributed by atoms with Gasteiger partial charge in [-0.15, -0.1) is 0 Å². The second-order valence-corrected chi connectivity index (χ2v) is 13.8. The van der Waals surface area contributed by atoms with E-state index in [4.69, 9.17) is 30.4 Å². The van der Waals surface area contributed by atoms with Crippen molar-refractivity contribution in [3.63, 3.8) is 0 Å². The molecular formula is C25H30ClN2O6PS2. The highest BCUT2D eigenvalue weighted by molar-refractivity contribution is 8.18. The van der Waals surface area contributed by atoms with Crippen molar-refractivity contribution in [3.8, 4) is 5.75 Å². The predicted octanol–water partition coefficient (Wildman–Crippen LogP) is 6.58. The first-order valence-electron chi connectivity index (χ1n) is 12.1. The van der Waals surface area contributed by atoms with E-state index < -0.39 is 17.6 Å². The fraction of sp³-hybridized carbons (Fsp3) is 0.400. The number of amidine groups is 1. The molecule has 2 aromatic carbocycles. The largest absolute Gasteiger partial charge is 0.494 e. The molecule has 0 radical (unpaired) electrons. The van der Waals surface area contributed by atoms with Gasteiger partial charge >= 0.3 is 7.60 Å². The van der Waals surface area contributed by atoms with E-state index in [1.807, 2.05) is 24.3 Å². The van der Waals surface area contributed by atoms with Gasteiger partial charge in [-0.3, -0.25) is 4.57 Å². The van der Waals surface area contributed by atoms with Gasteiger partial charge < -0.3 is 13.8 Å². The number of nitrogens with zero attached hydrogens (tertiary/aromatic N) is 2. The predicted molar refractivity (Wildman–Crippen MR) is 149 cm³/mol. The molecule has 0 saturated carbocycles. The topological polar surface area (TPSA) is 94.5 Å². The van der Waals surface area contributed by atoms with Crippen molar-refractivity contribution >= 4 is 52.2 Å². The highest BCUT2D eigenvalue weighted by Gasteiger charge is 2.37. The molecular weight excluding hydrogens is 555 g/mol. The standard InChI is InChI=1S/C25H30ClN2O6PS2/c1-4-28(25-27-24-22-13-8-19(26)16-18(22)17-23(24)36-25)37(30,31)21-11-9-20(10-12-21)32-14-7-15-35(29,33-5-2)34-6-3/h8-13,16-17,24H,4-7,14-15H2,1-3H3. The molecule has 0 fully saturated rings. The number of thioether (sulfide) groups is 1. The van der Waals surface area contributed by atoms with E-state index in [2.05, 4.69) is 0 Å². The highest BCUT2D eigenvalue weighted by Crippen LogP contribution is 2.50. The summed E-state index contributed by atoms with van der Waals surface area (Å²) in [6.45, 7) is 6.51. The van der Waals surface area contributed by atoms with Crippen LogP contribution in [0.25, 0.3) is 6.08 Å². The van der Waals surface area contributed by atoms with Crippen molar-refractivity contribution in [2.75, 3.05) is 32.5 Å². The van der Waals surface area contributed by atoms with E-state index in [0.717, 1.165) is 16.0 Å². The van der Waals surface area contributed by atoms with Crippen LogP contribution in [0.5, 0.6) is 5.75 Å². The molecule has 2 aromatic rings. The van der Waals surface area contributed by atoms with Gasteiger partial charge in [0.2, 0.25) is 0 Å². The molecule has 4 rings (SSSR count). The molecule has 37 heavy (non-hydrogen) atoms. The molecule has 1 aliphatic carbocycles. The number of ether oxygens (including phenoxy) is 1. The van der Waals surface area contributed by atoms with E-state index in [9.17, 15) is 13.0 Å². The number of halogens is 1. The third kappa shape index (κ3) is 6.27. The van der Waals surface area contributed by atoms with Crippen molar-refractivity contribution in [1.82, 2.24) is 4.31 Å². The minimum Gasteiger partial charge on any atom is -0.494 e. The Hall–Kier alpha value is -1.81. The maximum Gasteiger partial charge on any atom is 0.330 e. The van der Waals surface area contributed by atoms with Gasteiger partial charge in [0.1, 0.15) is 11.8 Å². The van der Waals surface area contributed by atoms with Crippen LogP contribution in [0, 0.1) is 0 Å². The van der Waals surface area contributed by atoms with Crippen LogP contribution in [0.15, 0.2) is 57.3 Å². The average Bonchev–Trinajstić information content (AvgIpc) is 3.40. The molecule has 0 amide bonds. The van der Waals surface area contributed by atoms with Gasteiger partial charge in [-0.1, -0.05) is 29.4 Å². The number of rotatable bonds is 12. The summed E-state index contributed by atoms with van der Waals surface area (Å²) in [6, 6.07) is 11.7. The summed E-state index contributed by atoms with van der Waals surface area (Å²) < 4.78 is 57.1. The first kappa shape index (κ1) is 28.2. The highest BCUT2D eigenvalue weighted by atomic mass is 35.5. The number of sulfonamides is 1. The summed E-state index contributed by atoms with van der Waals surface area (Å²) in [5.74, 6) is 0.521. The molecule has 1 aliphatic heterocycles. The van der Waals surface area contributed by atoms with E-state index in [-0.39, 0.29) is 23.6 Å². The van der Waals surface area contributed by atoms with Crippen LogP contribution in [0.1, 0.15) is 44.4 Å². The smallest absolute Gasteiger partial charge is 0.330 e. The van der Waals surface area contributed by atoms with Gasteiger partial charge in [0.15, 0.2) is 5.17 Å². The SMILES string of the molecule is CCOP(=O)(CCCOc1ccc(S(=O)(=O)N(CC)C2=NC3C(=Cc4cc(Cl)ccc43)S2)cc1)OCC. The molecule has 0 spiro atoms.